The zero-order valence-electron chi connectivity index (χ0n) is 13.0. The highest BCUT2D eigenvalue weighted by molar-refractivity contribution is 5.86. The van der Waals surface area contributed by atoms with E-state index >= 15 is 0 Å². The molecule has 3 nitrogen and oxygen atoms in total. The van der Waals surface area contributed by atoms with Gasteiger partial charge in [-0.1, -0.05) is 30.4 Å². The molecule has 0 unspecified atom stereocenters. The van der Waals surface area contributed by atoms with E-state index in [9.17, 15) is 4.79 Å². The lowest BCUT2D eigenvalue weighted by molar-refractivity contribution is -0.138. The number of amides is 1. The molecule has 1 aromatic heterocycles. The maximum Gasteiger partial charge on any atom is 0.226 e. The molecule has 1 aromatic carbocycles. The Bertz CT molecular complexity index is 743. The molecule has 1 N–H and O–H groups in total. The Morgan fingerprint density at radius 1 is 1.27 bits per heavy atom. The lowest BCUT2D eigenvalue weighted by Crippen LogP contribution is -2.42. The molecule has 22 heavy (non-hydrogen) atoms. The Kier molecular flexibility index (Phi) is 3.29. The number of fused-ring (bicyclic) bond motifs is 3. The fourth-order valence-electron chi connectivity index (χ4n) is 3.98. The first-order valence-corrected chi connectivity index (χ1v) is 8.30. The van der Waals surface area contributed by atoms with Gasteiger partial charge in [-0.25, -0.2) is 0 Å². The van der Waals surface area contributed by atoms with Gasteiger partial charge in [0, 0.05) is 29.1 Å². The van der Waals surface area contributed by atoms with Gasteiger partial charge in [-0.15, -0.1) is 0 Å². The van der Waals surface area contributed by atoms with Crippen LogP contribution in [0.4, 0.5) is 0 Å². The van der Waals surface area contributed by atoms with E-state index in [4.69, 9.17) is 0 Å². The van der Waals surface area contributed by atoms with Crippen molar-refractivity contribution < 1.29 is 4.79 Å². The van der Waals surface area contributed by atoms with Gasteiger partial charge >= 0.3 is 0 Å². The summed E-state index contributed by atoms with van der Waals surface area (Å²) in [5.41, 5.74) is 3.82. The summed E-state index contributed by atoms with van der Waals surface area (Å²) in [5.74, 6) is 0.513. The van der Waals surface area contributed by atoms with E-state index in [1.165, 1.54) is 22.2 Å². The molecule has 0 spiro atoms. The Morgan fingerprint density at radius 3 is 2.95 bits per heavy atom. The summed E-state index contributed by atoms with van der Waals surface area (Å²) in [6.45, 7) is 3.00. The molecule has 2 atom stereocenters. The average molecular weight is 294 g/mol. The van der Waals surface area contributed by atoms with E-state index in [0.717, 1.165) is 32.2 Å². The molecule has 4 rings (SSSR count). The number of benzene rings is 1. The molecule has 0 fully saturated rings. The van der Waals surface area contributed by atoms with E-state index in [1.54, 1.807) is 0 Å². The molecule has 114 valence electrons. The molecule has 0 radical (unpaired) electrons. The minimum atomic E-state index is 0.148. The molecule has 1 aliphatic heterocycles. The average Bonchev–Trinajstić information content (AvgIpc) is 2.95. The van der Waals surface area contributed by atoms with Crippen LogP contribution >= 0.6 is 0 Å². The fourth-order valence-corrected chi connectivity index (χ4v) is 3.98. The molecule has 2 aromatic rings. The maximum absolute atomic E-state index is 12.9. The summed E-state index contributed by atoms with van der Waals surface area (Å²) in [7, 11) is 0. The van der Waals surface area contributed by atoms with Crippen molar-refractivity contribution in [2.45, 2.75) is 38.6 Å². The zero-order valence-corrected chi connectivity index (χ0v) is 13.0. The minimum Gasteiger partial charge on any atom is -0.356 e. The van der Waals surface area contributed by atoms with Crippen LogP contribution in [-0.2, 0) is 11.2 Å². The Hall–Kier alpha value is -2.03. The first-order valence-electron chi connectivity index (χ1n) is 8.30. The Morgan fingerprint density at radius 2 is 2.14 bits per heavy atom. The van der Waals surface area contributed by atoms with Crippen LogP contribution < -0.4 is 0 Å². The minimum absolute atomic E-state index is 0.148. The second-order valence-corrected chi connectivity index (χ2v) is 6.50. The van der Waals surface area contributed by atoms with Crippen molar-refractivity contribution in [2.24, 2.45) is 5.92 Å². The standard InChI is InChI=1S/C19H22N2O/c1-13-18-16(15-9-5-6-10-17(15)20-18)11-12-21(13)19(22)14-7-3-2-4-8-14/h2-3,5-6,9-10,13-14,20H,4,7-8,11-12H2,1H3/t13-,14+/m0/s1. The van der Waals surface area contributed by atoms with E-state index < -0.39 is 0 Å². The third-order valence-corrected chi connectivity index (χ3v) is 5.24. The van der Waals surface area contributed by atoms with Crippen molar-refractivity contribution in [3.05, 3.63) is 47.7 Å². The molecular weight excluding hydrogens is 272 g/mol. The quantitative estimate of drug-likeness (QED) is 0.794. The van der Waals surface area contributed by atoms with Crippen molar-refractivity contribution in [2.75, 3.05) is 6.54 Å². The van der Waals surface area contributed by atoms with Gasteiger partial charge in [0.15, 0.2) is 0 Å². The third-order valence-electron chi connectivity index (χ3n) is 5.24. The molecular formula is C19H22N2O. The van der Waals surface area contributed by atoms with Crippen LogP contribution in [0, 0.1) is 5.92 Å². The second-order valence-electron chi connectivity index (χ2n) is 6.50. The molecule has 0 bridgehead atoms. The molecule has 1 aliphatic carbocycles. The lowest BCUT2D eigenvalue weighted by Gasteiger charge is -2.36. The highest BCUT2D eigenvalue weighted by Gasteiger charge is 2.33. The van der Waals surface area contributed by atoms with Gasteiger partial charge in [-0.3, -0.25) is 4.79 Å². The van der Waals surface area contributed by atoms with Crippen LogP contribution in [0.2, 0.25) is 0 Å². The molecule has 2 aliphatic rings. The number of nitrogens with zero attached hydrogens (tertiary/aromatic N) is 1. The number of para-hydroxylation sites is 1. The number of carbonyl (C=O) groups excluding carboxylic acids is 1. The normalized spacial score (nSPS) is 24.5. The first-order chi connectivity index (χ1) is 10.8. The zero-order chi connectivity index (χ0) is 15.1. The Balaban J connectivity index is 1.65. The number of H-pyrrole nitrogens is 1. The topological polar surface area (TPSA) is 36.1 Å². The van der Waals surface area contributed by atoms with Gasteiger partial charge in [0.1, 0.15) is 0 Å². The summed E-state index contributed by atoms with van der Waals surface area (Å²) in [4.78, 5) is 18.5. The van der Waals surface area contributed by atoms with Crippen LogP contribution in [0.3, 0.4) is 0 Å². The van der Waals surface area contributed by atoms with Gasteiger partial charge in [0.05, 0.1) is 6.04 Å². The number of hydrogen-bond acceptors (Lipinski definition) is 1. The monoisotopic (exact) mass is 294 g/mol. The molecule has 3 heteroatoms. The Labute approximate surface area is 131 Å². The van der Waals surface area contributed by atoms with Crippen molar-refractivity contribution in [3.8, 4) is 0 Å². The SMILES string of the molecule is C[C@H]1c2[nH]c3ccccc3c2CCN1C(=O)[C@@H]1CC=CCC1. The van der Waals surface area contributed by atoms with Crippen LogP contribution in [0.25, 0.3) is 10.9 Å². The highest BCUT2D eigenvalue weighted by Crippen LogP contribution is 2.35. The smallest absolute Gasteiger partial charge is 0.226 e. The number of allylic oxidation sites excluding steroid dienone is 2. The fraction of sp³-hybridized carbons (Fsp3) is 0.421. The lowest BCUT2D eigenvalue weighted by atomic mass is 9.90. The van der Waals surface area contributed by atoms with E-state index in [0.29, 0.717) is 5.91 Å². The summed E-state index contributed by atoms with van der Waals surface area (Å²) in [6, 6.07) is 8.60. The highest BCUT2D eigenvalue weighted by atomic mass is 16.2. The molecule has 0 saturated heterocycles. The summed E-state index contributed by atoms with van der Waals surface area (Å²) in [5, 5.41) is 1.32. The van der Waals surface area contributed by atoms with Gasteiger partial charge in [0.25, 0.3) is 0 Å². The van der Waals surface area contributed by atoms with Crippen molar-refractivity contribution >= 4 is 16.8 Å². The van der Waals surface area contributed by atoms with E-state index in [1.807, 2.05) is 0 Å². The number of hydrogen-bond donors (Lipinski definition) is 1. The van der Waals surface area contributed by atoms with Crippen LogP contribution in [0.1, 0.15) is 43.5 Å². The third kappa shape index (κ3) is 2.07. The van der Waals surface area contributed by atoms with Gasteiger partial charge in [-0.2, -0.15) is 0 Å². The van der Waals surface area contributed by atoms with Gasteiger partial charge in [0.2, 0.25) is 5.91 Å². The second kappa shape index (κ2) is 5.31. The first kappa shape index (κ1) is 13.6. The van der Waals surface area contributed by atoms with Crippen molar-refractivity contribution in [3.63, 3.8) is 0 Å². The summed E-state index contributed by atoms with van der Waals surface area (Å²) < 4.78 is 0. The van der Waals surface area contributed by atoms with Crippen LogP contribution in [0.5, 0.6) is 0 Å². The van der Waals surface area contributed by atoms with Gasteiger partial charge in [-0.05, 0) is 44.2 Å². The molecule has 0 saturated carbocycles. The molecule has 2 heterocycles. The maximum atomic E-state index is 12.9. The predicted molar refractivity (Wildman–Crippen MR) is 88.6 cm³/mol. The van der Waals surface area contributed by atoms with Crippen LogP contribution in [0.15, 0.2) is 36.4 Å². The van der Waals surface area contributed by atoms with Crippen molar-refractivity contribution in [1.29, 1.82) is 0 Å². The van der Waals surface area contributed by atoms with E-state index in [-0.39, 0.29) is 12.0 Å². The number of carbonyl (C=O) groups is 1. The van der Waals surface area contributed by atoms with E-state index in [2.05, 4.69) is 53.2 Å². The summed E-state index contributed by atoms with van der Waals surface area (Å²) in [6.07, 6.45) is 8.25. The van der Waals surface area contributed by atoms with Gasteiger partial charge < -0.3 is 9.88 Å². The predicted octanol–water partition coefficient (Wildman–Crippen LogP) is 3.97. The number of aromatic amines is 1. The number of rotatable bonds is 1. The summed E-state index contributed by atoms with van der Waals surface area (Å²) >= 11 is 0. The van der Waals surface area contributed by atoms with Crippen molar-refractivity contribution in [1.82, 2.24) is 9.88 Å². The number of aromatic nitrogens is 1. The largest absolute Gasteiger partial charge is 0.356 e. The molecule has 1 amide bonds. The van der Waals surface area contributed by atoms with Crippen LogP contribution in [-0.4, -0.2) is 22.3 Å². The number of nitrogens with one attached hydrogen (secondary N) is 1.